The summed E-state index contributed by atoms with van der Waals surface area (Å²) >= 11 is 14.5. The molecule has 16 heavy (non-hydrogen) atoms. The SMILES string of the molecule is CC(C)(C)NC(=S)Nc1ccc(Br)c(Cl)c1. The highest BCUT2D eigenvalue weighted by Crippen LogP contribution is 2.25. The molecule has 88 valence electrons. The molecule has 0 heterocycles. The Morgan fingerprint density at radius 1 is 1.38 bits per heavy atom. The first-order chi connectivity index (χ1) is 7.28. The van der Waals surface area contributed by atoms with E-state index in [1.807, 2.05) is 18.2 Å². The predicted octanol–water partition coefficient (Wildman–Crippen LogP) is 4.19. The largest absolute Gasteiger partial charge is 0.358 e. The molecule has 1 aromatic rings. The topological polar surface area (TPSA) is 24.1 Å². The van der Waals surface area contributed by atoms with Crippen LogP contribution >= 0.6 is 39.7 Å². The lowest BCUT2D eigenvalue weighted by atomic mass is 10.1. The van der Waals surface area contributed by atoms with E-state index >= 15 is 0 Å². The van der Waals surface area contributed by atoms with E-state index in [9.17, 15) is 0 Å². The lowest BCUT2D eigenvalue weighted by molar-refractivity contribution is 0.515. The molecule has 0 aromatic heterocycles. The van der Waals surface area contributed by atoms with Gasteiger partial charge in [-0.2, -0.15) is 0 Å². The Kier molecular flexibility index (Phi) is 4.59. The van der Waals surface area contributed by atoms with Gasteiger partial charge in [-0.25, -0.2) is 0 Å². The highest BCUT2D eigenvalue weighted by Gasteiger charge is 2.11. The van der Waals surface area contributed by atoms with Crippen molar-refractivity contribution in [1.29, 1.82) is 0 Å². The van der Waals surface area contributed by atoms with E-state index in [1.165, 1.54) is 0 Å². The van der Waals surface area contributed by atoms with E-state index in [4.69, 9.17) is 23.8 Å². The molecule has 5 heteroatoms. The zero-order valence-corrected chi connectivity index (χ0v) is 12.6. The summed E-state index contributed by atoms with van der Waals surface area (Å²) in [5.74, 6) is 0. The van der Waals surface area contributed by atoms with E-state index in [0.29, 0.717) is 10.1 Å². The van der Waals surface area contributed by atoms with Crippen LogP contribution in [0.1, 0.15) is 20.8 Å². The van der Waals surface area contributed by atoms with Gasteiger partial charge < -0.3 is 10.6 Å². The number of hydrogen-bond acceptors (Lipinski definition) is 1. The maximum absolute atomic E-state index is 5.98. The summed E-state index contributed by atoms with van der Waals surface area (Å²) in [5.41, 5.74) is 0.818. The number of halogens is 2. The smallest absolute Gasteiger partial charge is 0.171 e. The summed E-state index contributed by atoms with van der Waals surface area (Å²) in [6, 6.07) is 5.61. The molecule has 0 spiro atoms. The minimum Gasteiger partial charge on any atom is -0.358 e. The first kappa shape index (κ1) is 13.7. The van der Waals surface area contributed by atoms with Crippen molar-refractivity contribution in [1.82, 2.24) is 5.32 Å². The van der Waals surface area contributed by atoms with Gasteiger partial charge in [-0.3, -0.25) is 0 Å². The van der Waals surface area contributed by atoms with Crippen molar-refractivity contribution in [3.63, 3.8) is 0 Å². The second-order valence-corrected chi connectivity index (χ2v) is 6.13. The van der Waals surface area contributed by atoms with Crippen LogP contribution in [0.3, 0.4) is 0 Å². The molecule has 0 amide bonds. The average Bonchev–Trinajstić information content (AvgIpc) is 2.08. The molecule has 0 aliphatic heterocycles. The summed E-state index contributed by atoms with van der Waals surface area (Å²) < 4.78 is 0.870. The fourth-order valence-electron chi connectivity index (χ4n) is 1.08. The van der Waals surface area contributed by atoms with Crippen molar-refractivity contribution < 1.29 is 0 Å². The van der Waals surface area contributed by atoms with Gasteiger partial charge in [-0.05, 0) is 67.1 Å². The standard InChI is InChI=1S/C11H14BrClN2S/c1-11(2,3)15-10(16)14-7-4-5-8(12)9(13)6-7/h4-6H,1-3H3,(H2,14,15,16). The van der Waals surface area contributed by atoms with Gasteiger partial charge in [-0.1, -0.05) is 11.6 Å². The minimum atomic E-state index is -0.0523. The van der Waals surface area contributed by atoms with Crippen LogP contribution in [0.4, 0.5) is 5.69 Å². The zero-order chi connectivity index (χ0) is 12.3. The Bertz CT molecular complexity index is 401. The Balaban J connectivity index is 2.67. The van der Waals surface area contributed by atoms with Crippen LogP contribution in [-0.2, 0) is 0 Å². The molecular formula is C11H14BrClN2S. The number of nitrogens with one attached hydrogen (secondary N) is 2. The van der Waals surface area contributed by atoms with Gasteiger partial charge in [0.25, 0.3) is 0 Å². The van der Waals surface area contributed by atoms with Gasteiger partial charge in [0.2, 0.25) is 0 Å². The van der Waals surface area contributed by atoms with E-state index in [-0.39, 0.29) is 5.54 Å². The third kappa shape index (κ3) is 4.68. The van der Waals surface area contributed by atoms with Crippen LogP contribution in [0.2, 0.25) is 5.02 Å². The van der Waals surface area contributed by atoms with Crippen LogP contribution in [0.5, 0.6) is 0 Å². The van der Waals surface area contributed by atoms with Gasteiger partial charge in [0, 0.05) is 15.7 Å². The maximum atomic E-state index is 5.98. The van der Waals surface area contributed by atoms with Gasteiger partial charge in [-0.15, -0.1) is 0 Å². The van der Waals surface area contributed by atoms with Crippen LogP contribution in [0, 0.1) is 0 Å². The fourth-order valence-corrected chi connectivity index (χ4v) is 1.93. The van der Waals surface area contributed by atoms with Crippen molar-refractivity contribution in [2.24, 2.45) is 0 Å². The third-order valence-electron chi connectivity index (χ3n) is 1.67. The lowest BCUT2D eigenvalue weighted by Crippen LogP contribution is -2.42. The average molecular weight is 322 g/mol. The molecule has 0 aliphatic rings. The molecule has 0 radical (unpaired) electrons. The Morgan fingerprint density at radius 2 is 2.00 bits per heavy atom. The van der Waals surface area contributed by atoms with Crippen LogP contribution in [-0.4, -0.2) is 10.7 Å². The van der Waals surface area contributed by atoms with Gasteiger partial charge in [0.1, 0.15) is 0 Å². The Labute approximate surface area is 115 Å². The molecule has 2 nitrogen and oxygen atoms in total. The van der Waals surface area contributed by atoms with E-state index < -0.39 is 0 Å². The first-order valence-electron chi connectivity index (χ1n) is 4.82. The number of rotatable bonds is 1. The normalized spacial score (nSPS) is 11.1. The van der Waals surface area contributed by atoms with Crippen molar-refractivity contribution in [3.8, 4) is 0 Å². The Morgan fingerprint density at radius 3 is 2.50 bits per heavy atom. The molecule has 0 fully saturated rings. The summed E-state index contributed by atoms with van der Waals surface area (Å²) in [6.45, 7) is 6.15. The minimum absolute atomic E-state index is 0.0523. The predicted molar refractivity (Wildman–Crippen MR) is 78.3 cm³/mol. The molecule has 0 unspecified atom stereocenters. The molecule has 0 saturated heterocycles. The van der Waals surface area contributed by atoms with Crippen LogP contribution in [0.15, 0.2) is 22.7 Å². The summed E-state index contributed by atoms with van der Waals surface area (Å²) in [7, 11) is 0. The van der Waals surface area contributed by atoms with Crippen LogP contribution in [0.25, 0.3) is 0 Å². The quantitative estimate of drug-likeness (QED) is 0.759. The molecule has 1 aromatic carbocycles. The zero-order valence-electron chi connectivity index (χ0n) is 9.40. The van der Waals surface area contributed by atoms with Gasteiger partial charge >= 0.3 is 0 Å². The van der Waals surface area contributed by atoms with Crippen molar-refractivity contribution >= 4 is 50.5 Å². The van der Waals surface area contributed by atoms with Crippen molar-refractivity contribution in [3.05, 3.63) is 27.7 Å². The summed E-state index contributed by atoms with van der Waals surface area (Å²) in [5, 5.41) is 7.49. The molecule has 0 aliphatic carbocycles. The molecule has 0 atom stereocenters. The lowest BCUT2D eigenvalue weighted by Gasteiger charge is -2.23. The monoisotopic (exact) mass is 320 g/mol. The number of thiocarbonyl (C=S) groups is 1. The van der Waals surface area contributed by atoms with E-state index in [0.717, 1.165) is 10.2 Å². The maximum Gasteiger partial charge on any atom is 0.171 e. The number of anilines is 1. The fraction of sp³-hybridized carbons (Fsp3) is 0.364. The highest BCUT2D eigenvalue weighted by molar-refractivity contribution is 9.10. The molecule has 0 bridgehead atoms. The third-order valence-corrected chi connectivity index (χ3v) is 3.10. The van der Waals surface area contributed by atoms with E-state index in [1.54, 1.807) is 0 Å². The molecule has 0 saturated carbocycles. The first-order valence-corrected chi connectivity index (χ1v) is 6.40. The van der Waals surface area contributed by atoms with Crippen LogP contribution < -0.4 is 10.6 Å². The van der Waals surface area contributed by atoms with Crippen molar-refractivity contribution in [2.75, 3.05) is 5.32 Å². The second-order valence-electron chi connectivity index (χ2n) is 4.46. The van der Waals surface area contributed by atoms with Gasteiger partial charge in [0.05, 0.1) is 5.02 Å². The number of hydrogen-bond donors (Lipinski definition) is 2. The van der Waals surface area contributed by atoms with Gasteiger partial charge in [0.15, 0.2) is 5.11 Å². The number of benzene rings is 1. The molecule has 2 N–H and O–H groups in total. The summed E-state index contributed by atoms with van der Waals surface area (Å²) in [4.78, 5) is 0. The molecule has 1 rings (SSSR count). The highest BCUT2D eigenvalue weighted by atomic mass is 79.9. The summed E-state index contributed by atoms with van der Waals surface area (Å²) in [6.07, 6.45) is 0. The molecular weight excluding hydrogens is 308 g/mol. The van der Waals surface area contributed by atoms with Crippen molar-refractivity contribution in [2.45, 2.75) is 26.3 Å². The van der Waals surface area contributed by atoms with E-state index in [2.05, 4.69) is 47.3 Å². The second kappa shape index (κ2) is 5.34. The Hall–Kier alpha value is -0.320.